The zero-order chi connectivity index (χ0) is 11.9. The monoisotopic (exact) mass is 246 g/mol. The van der Waals surface area contributed by atoms with Crippen molar-refractivity contribution in [3.05, 3.63) is 35.2 Å². The van der Waals surface area contributed by atoms with Gasteiger partial charge in [0.2, 0.25) is 0 Å². The van der Waals surface area contributed by atoms with Crippen LogP contribution >= 0.6 is 11.3 Å². The van der Waals surface area contributed by atoms with Gasteiger partial charge in [-0.05, 0) is 41.3 Å². The summed E-state index contributed by atoms with van der Waals surface area (Å²) in [6.45, 7) is 2.27. The van der Waals surface area contributed by atoms with Crippen LogP contribution < -0.4 is 0 Å². The standard InChI is InChI=1S/C16H22S/c1-2-3-4-5-6-7-8-14-9-10-15-11-12-17-16(15)13-14/h9-13H,2-8H2,1H3. The molecule has 0 amide bonds. The molecule has 0 saturated carbocycles. The summed E-state index contributed by atoms with van der Waals surface area (Å²) in [5.41, 5.74) is 1.51. The number of fused-ring (bicyclic) bond motifs is 1. The van der Waals surface area contributed by atoms with Crippen LogP contribution in [0.3, 0.4) is 0 Å². The molecule has 1 heterocycles. The van der Waals surface area contributed by atoms with Gasteiger partial charge in [-0.25, -0.2) is 0 Å². The van der Waals surface area contributed by atoms with Crippen LogP contribution in [0.25, 0.3) is 10.1 Å². The van der Waals surface area contributed by atoms with Crippen LogP contribution in [-0.4, -0.2) is 0 Å². The maximum absolute atomic E-state index is 2.37. The van der Waals surface area contributed by atoms with Crippen LogP contribution in [0.15, 0.2) is 29.6 Å². The normalized spacial score (nSPS) is 11.1. The Hall–Kier alpha value is -0.820. The van der Waals surface area contributed by atoms with Gasteiger partial charge in [0, 0.05) is 4.70 Å². The number of aryl methyl sites for hydroxylation is 1. The highest BCUT2D eigenvalue weighted by Gasteiger charge is 1.98. The molecule has 92 valence electrons. The van der Waals surface area contributed by atoms with Crippen LogP contribution in [-0.2, 0) is 6.42 Å². The highest BCUT2D eigenvalue weighted by atomic mass is 32.1. The van der Waals surface area contributed by atoms with E-state index in [1.54, 1.807) is 0 Å². The molecule has 0 bridgehead atoms. The summed E-state index contributed by atoms with van der Waals surface area (Å²) in [7, 11) is 0. The molecule has 0 fully saturated rings. The molecule has 0 aliphatic heterocycles. The van der Waals surface area contributed by atoms with E-state index in [4.69, 9.17) is 0 Å². The average Bonchev–Trinajstić information content (AvgIpc) is 2.81. The Morgan fingerprint density at radius 1 is 0.941 bits per heavy atom. The number of unbranched alkanes of at least 4 members (excludes halogenated alkanes) is 5. The molecule has 2 rings (SSSR count). The zero-order valence-corrected chi connectivity index (χ0v) is 11.6. The van der Waals surface area contributed by atoms with Crippen LogP contribution in [0.4, 0.5) is 0 Å². The van der Waals surface area contributed by atoms with Gasteiger partial charge in [0.1, 0.15) is 0 Å². The van der Waals surface area contributed by atoms with Gasteiger partial charge in [0.05, 0.1) is 0 Å². The topological polar surface area (TPSA) is 0 Å². The fourth-order valence-electron chi connectivity index (χ4n) is 2.26. The number of rotatable bonds is 7. The fourth-order valence-corrected chi connectivity index (χ4v) is 3.12. The first-order valence-corrected chi connectivity index (χ1v) is 7.74. The minimum Gasteiger partial charge on any atom is -0.144 e. The van der Waals surface area contributed by atoms with Gasteiger partial charge in [0.15, 0.2) is 0 Å². The molecule has 0 radical (unpaired) electrons. The lowest BCUT2D eigenvalue weighted by Crippen LogP contribution is -1.85. The van der Waals surface area contributed by atoms with Crippen molar-refractivity contribution in [3.8, 4) is 0 Å². The molecule has 0 aliphatic rings. The third kappa shape index (κ3) is 3.85. The van der Waals surface area contributed by atoms with Crippen molar-refractivity contribution < 1.29 is 0 Å². The molecular formula is C16H22S. The van der Waals surface area contributed by atoms with E-state index >= 15 is 0 Å². The quantitative estimate of drug-likeness (QED) is 0.541. The lowest BCUT2D eigenvalue weighted by Gasteiger charge is -2.02. The fraction of sp³-hybridized carbons (Fsp3) is 0.500. The zero-order valence-electron chi connectivity index (χ0n) is 10.7. The Balaban J connectivity index is 1.75. The van der Waals surface area contributed by atoms with Crippen LogP contribution in [0.5, 0.6) is 0 Å². The lowest BCUT2D eigenvalue weighted by atomic mass is 10.0. The molecule has 1 heteroatoms. The minimum atomic E-state index is 1.25. The molecule has 2 aromatic rings. The summed E-state index contributed by atoms with van der Waals surface area (Å²) >= 11 is 1.85. The second kappa shape index (κ2) is 6.80. The van der Waals surface area contributed by atoms with Gasteiger partial charge >= 0.3 is 0 Å². The van der Waals surface area contributed by atoms with E-state index in [1.807, 2.05) is 11.3 Å². The van der Waals surface area contributed by atoms with Crippen molar-refractivity contribution in [3.63, 3.8) is 0 Å². The number of benzene rings is 1. The van der Waals surface area contributed by atoms with Gasteiger partial charge < -0.3 is 0 Å². The Bertz CT molecular complexity index is 441. The third-order valence-electron chi connectivity index (χ3n) is 3.34. The molecule has 1 aromatic heterocycles. The van der Waals surface area contributed by atoms with Crippen molar-refractivity contribution in [1.82, 2.24) is 0 Å². The Kier molecular flexibility index (Phi) is 5.06. The third-order valence-corrected chi connectivity index (χ3v) is 4.22. The van der Waals surface area contributed by atoms with Gasteiger partial charge in [-0.2, -0.15) is 0 Å². The Morgan fingerprint density at radius 3 is 2.65 bits per heavy atom. The summed E-state index contributed by atoms with van der Waals surface area (Å²) in [5.74, 6) is 0. The van der Waals surface area contributed by atoms with Crippen LogP contribution in [0.1, 0.15) is 51.0 Å². The first-order valence-electron chi connectivity index (χ1n) is 6.86. The molecule has 0 aliphatic carbocycles. The largest absolute Gasteiger partial charge is 0.144 e. The second-order valence-electron chi connectivity index (χ2n) is 4.81. The van der Waals surface area contributed by atoms with Crippen LogP contribution in [0.2, 0.25) is 0 Å². The summed E-state index contributed by atoms with van der Waals surface area (Å²) < 4.78 is 1.44. The van der Waals surface area contributed by atoms with Gasteiger partial charge in [0.25, 0.3) is 0 Å². The minimum absolute atomic E-state index is 1.25. The van der Waals surface area contributed by atoms with E-state index in [2.05, 4.69) is 36.6 Å². The highest BCUT2D eigenvalue weighted by molar-refractivity contribution is 7.17. The highest BCUT2D eigenvalue weighted by Crippen LogP contribution is 2.22. The second-order valence-corrected chi connectivity index (χ2v) is 5.76. The maximum atomic E-state index is 2.37. The van der Waals surface area contributed by atoms with E-state index in [0.717, 1.165) is 0 Å². The van der Waals surface area contributed by atoms with Crippen molar-refractivity contribution in [2.75, 3.05) is 0 Å². The molecule has 0 atom stereocenters. The predicted molar refractivity (Wildman–Crippen MR) is 78.9 cm³/mol. The van der Waals surface area contributed by atoms with Gasteiger partial charge in [-0.15, -0.1) is 11.3 Å². The Labute approximate surface area is 109 Å². The van der Waals surface area contributed by atoms with Crippen molar-refractivity contribution in [2.24, 2.45) is 0 Å². The summed E-state index contributed by atoms with van der Waals surface area (Å²) in [5, 5.41) is 3.57. The summed E-state index contributed by atoms with van der Waals surface area (Å²) in [6, 6.07) is 9.12. The number of hydrogen-bond acceptors (Lipinski definition) is 1. The summed E-state index contributed by atoms with van der Waals surface area (Å²) in [6.07, 6.45) is 9.56. The number of hydrogen-bond donors (Lipinski definition) is 0. The van der Waals surface area contributed by atoms with E-state index in [0.29, 0.717) is 0 Å². The molecule has 0 N–H and O–H groups in total. The molecule has 0 saturated heterocycles. The smallest absolute Gasteiger partial charge is 0.0345 e. The van der Waals surface area contributed by atoms with E-state index in [-0.39, 0.29) is 0 Å². The molecular weight excluding hydrogens is 224 g/mol. The molecule has 1 aromatic carbocycles. The van der Waals surface area contributed by atoms with Crippen molar-refractivity contribution >= 4 is 21.4 Å². The summed E-state index contributed by atoms with van der Waals surface area (Å²) in [4.78, 5) is 0. The van der Waals surface area contributed by atoms with Gasteiger partial charge in [-0.1, -0.05) is 51.2 Å². The molecule has 17 heavy (non-hydrogen) atoms. The molecule has 0 nitrogen and oxygen atoms in total. The Morgan fingerprint density at radius 2 is 1.76 bits per heavy atom. The average molecular weight is 246 g/mol. The van der Waals surface area contributed by atoms with Crippen molar-refractivity contribution in [1.29, 1.82) is 0 Å². The first-order chi connectivity index (χ1) is 8.40. The van der Waals surface area contributed by atoms with E-state index < -0.39 is 0 Å². The van der Waals surface area contributed by atoms with Crippen LogP contribution in [0, 0.1) is 0 Å². The maximum Gasteiger partial charge on any atom is 0.0345 e. The molecule has 0 spiro atoms. The number of thiophene rings is 1. The van der Waals surface area contributed by atoms with Crippen molar-refractivity contribution in [2.45, 2.75) is 51.9 Å². The van der Waals surface area contributed by atoms with E-state index in [9.17, 15) is 0 Å². The molecule has 0 unspecified atom stereocenters. The van der Waals surface area contributed by atoms with Gasteiger partial charge in [-0.3, -0.25) is 0 Å². The SMILES string of the molecule is CCCCCCCCc1ccc2ccsc2c1. The lowest BCUT2D eigenvalue weighted by molar-refractivity contribution is 0.607. The van der Waals surface area contributed by atoms with E-state index in [1.165, 1.54) is 60.6 Å². The first kappa shape index (κ1) is 12.6. The predicted octanol–water partition coefficient (Wildman–Crippen LogP) is 5.80.